The Balaban J connectivity index is 2.55. The fraction of sp³-hybridized carbons (Fsp3) is 0.500. The molecule has 0 saturated carbocycles. The van der Waals surface area contributed by atoms with Crippen molar-refractivity contribution in [3.8, 4) is 5.75 Å². The summed E-state index contributed by atoms with van der Waals surface area (Å²) in [6, 6.07) is 4.80. The molecule has 1 unspecified atom stereocenters. The van der Waals surface area contributed by atoms with E-state index in [1.807, 2.05) is 0 Å². The maximum absolute atomic E-state index is 5.42. The lowest BCUT2D eigenvalue weighted by molar-refractivity contribution is 0.396. The molecule has 2 nitrogen and oxygen atoms in total. The first-order valence-electron chi connectivity index (χ1n) is 5.13. The summed E-state index contributed by atoms with van der Waals surface area (Å²) in [4.78, 5) is 0. The summed E-state index contributed by atoms with van der Waals surface area (Å²) in [5.74, 6) is 1.03. The van der Waals surface area contributed by atoms with Crippen LogP contribution in [0.1, 0.15) is 29.7 Å². The minimum absolute atomic E-state index is 0.411. The monoisotopic (exact) mass is 191 g/mol. The fourth-order valence-electron chi connectivity index (χ4n) is 2.23. The molecule has 1 atom stereocenters. The molecule has 1 heterocycles. The molecule has 0 aromatic heterocycles. The largest absolute Gasteiger partial charge is 0.496 e. The molecule has 2 rings (SSSR count). The van der Waals surface area contributed by atoms with Crippen molar-refractivity contribution in [1.29, 1.82) is 0 Å². The highest BCUT2D eigenvalue weighted by atomic mass is 16.5. The highest BCUT2D eigenvalue weighted by Gasteiger charge is 2.20. The zero-order valence-electron chi connectivity index (χ0n) is 9.05. The second kappa shape index (κ2) is 3.62. The smallest absolute Gasteiger partial charge is 0.124 e. The van der Waals surface area contributed by atoms with Gasteiger partial charge in [0.25, 0.3) is 0 Å². The van der Waals surface area contributed by atoms with Crippen LogP contribution in [0.5, 0.6) is 5.75 Å². The van der Waals surface area contributed by atoms with Gasteiger partial charge >= 0.3 is 0 Å². The van der Waals surface area contributed by atoms with Crippen LogP contribution in [0, 0.1) is 6.92 Å². The highest BCUT2D eigenvalue weighted by molar-refractivity contribution is 5.46. The summed E-state index contributed by atoms with van der Waals surface area (Å²) in [7, 11) is 1.75. The van der Waals surface area contributed by atoms with Crippen molar-refractivity contribution in [2.24, 2.45) is 0 Å². The minimum atomic E-state index is 0.411. The number of rotatable bonds is 1. The Labute approximate surface area is 85.3 Å². The van der Waals surface area contributed by atoms with E-state index in [4.69, 9.17) is 4.74 Å². The molecule has 14 heavy (non-hydrogen) atoms. The Kier molecular flexibility index (Phi) is 2.46. The summed E-state index contributed by atoms with van der Waals surface area (Å²) in [6.07, 6.45) is 1.11. The standard InChI is InChI=1S/C12H17NO/c1-8-6-10-4-5-13-9(2)12(10)11(7-8)14-3/h6-7,9,13H,4-5H2,1-3H3. The Morgan fingerprint density at radius 3 is 2.93 bits per heavy atom. The third kappa shape index (κ3) is 1.50. The van der Waals surface area contributed by atoms with Gasteiger partial charge in [-0.15, -0.1) is 0 Å². The first-order chi connectivity index (χ1) is 6.72. The van der Waals surface area contributed by atoms with Crippen LogP contribution >= 0.6 is 0 Å². The predicted molar refractivity (Wildman–Crippen MR) is 57.9 cm³/mol. The zero-order valence-corrected chi connectivity index (χ0v) is 9.05. The summed E-state index contributed by atoms with van der Waals surface area (Å²) in [5, 5.41) is 3.45. The molecule has 0 amide bonds. The Morgan fingerprint density at radius 1 is 1.43 bits per heavy atom. The summed E-state index contributed by atoms with van der Waals surface area (Å²) in [6.45, 7) is 5.38. The van der Waals surface area contributed by atoms with Gasteiger partial charge in [0, 0.05) is 11.6 Å². The van der Waals surface area contributed by atoms with Gasteiger partial charge in [0.15, 0.2) is 0 Å². The van der Waals surface area contributed by atoms with Crippen LogP contribution in [0.4, 0.5) is 0 Å². The first kappa shape index (κ1) is 9.53. The normalized spacial score (nSPS) is 20.4. The molecule has 0 aliphatic carbocycles. The van der Waals surface area contributed by atoms with Gasteiger partial charge in [0.2, 0.25) is 0 Å². The van der Waals surface area contributed by atoms with Crippen LogP contribution in [0.3, 0.4) is 0 Å². The summed E-state index contributed by atoms with van der Waals surface area (Å²) in [5.41, 5.74) is 4.06. The van der Waals surface area contributed by atoms with E-state index in [9.17, 15) is 0 Å². The molecule has 0 radical (unpaired) electrons. The topological polar surface area (TPSA) is 21.3 Å². The van der Waals surface area contributed by atoms with Gasteiger partial charge in [-0.1, -0.05) is 6.07 Å². The van der Waals surface area contributed by atoms with E-state index >= 15 is 0 Å². The number of ether oxygens (including phenoxy) is 1. The van der Waals surface area contributed by atoms with Gasteiger partial charge in [0.05, 0.1) is 7.11 Å². The van der Waals surface area contributed by atoms with E-state index in [-0.39, 0.29) is 0 Å². The zero-order chi connectivity index (χ0) is 10.1. The van der Waals surface area contributed by atoms with E-state index < -0.39 is 0 Å². The van der Waals surface area contributed by atoms with Crippen molar-refractivity contribution in [2.75, 3.05) is 13.7 Å². The molecule has 1 aromatic carbocycles. The SMILES string of the molecule is COc1cc(C)cc2c1C(C)NCC2. The van der Waals surface area contributed by atoms with Crippen LogP contribution in [-0.4, -0.2) is 13.7 Å². The molecular formula is C12H17NO. The van der Waals surface area contributed by atoms with Crippen molar-refractivity contribution < 1.29 is 4.74 Å². The highest BCUT2D eigenvalue weighted by Crippen LogP contribution is 2.32. The predicted octanol–water partition coefficient (Wildman–Crippen LogP) is 2.21. The van der Waals surface area contributed by atoms with Crippen molar-refractivity contribution in [3.63, 3.8) is 0 Å². The van der Waals surface area contributed by atoms with Crippen molar-refractivity contribution in [3.05, 3.63) is 28.8 Å². The second-order valence-electron chi connectivity index (χ2n) is 3.97. The van der Waals surface area contributed by atoms with Gasteiger partial charge in [0.1, 0.15) is 5.75 Å². The van der Waals surface area contributed by atoms with E-state index in [1.54, 1.807) is 7.11 Å². The molecule has 1 aliphatic rings. The maximum Gasteiger partial charge on any atom is 0.124 e. The van der Waals surface area contributed by atoms with E-state index in [0.717, 1.165) is 18.7 Å². The Morgan fingerprint density at radius 2 is 2.21 bits per heavy atom. The van der Waals surface area contributed by atoms with Gasteiger partial charge < -0.3 is 10.1 Å². The lowest BCUT2D eigenvalue weighted by atomic mass is 9.92. The Bertz CT molecular complexity index is 329. The molecule has 0 bridgehead atoms. The van der Waals surface area contributed by atoms with Gasteiger partial charge in [-0.05, 0) is 44.0 Å². The lowest BCUT2D eigenvalue weighted by Gasteiger charge is -2.26. The molecule has 0 spiro atoms. The lowest BCUT2D eigenvalue weighted by Crippen LogP contribution is -2.28. The first-order valence-corrected chi connectivity index (χ1v) is 5.13. The number of hydrogen-bond acceptors (Lipinski definition) is 2. The van der Waals surface area contributed by atoms with Gasteiger partial charge in [-0.3, -0.25) is 0 Å². The Hall–Kier alpha value is -1.02. The minimum Gasteiger partial charge on any atom is -0.496 e. The summed E-state index contributed by atoms with van der Waals surface area (Å²) < 4.78 is 5.42. The molecular weight excluding hydrogens is 174 g/mol. The van der Waals surface area contributed by atoms with E-state index in [1.165, 1.54) is 16.7 Å². The number of hydrogen-bond donors (Lipinski definition) is 1. The average Bonchev–Trinajstić information content (AvgIpc) is 2.16. The molecule has 0 fully saturated rings. The molecule has 0 saturated heterocycles. The number of aryl methyl sites for hydroxylation is 1. The van der Waals surface area contributed by atoms with Gasteiger partial charge in [-0.25, -0.2) is 0 Å². The van der Waals surface area contributed by atoms with Crippen LogP contribution < -0.4 is 10.1 Å². The molecule has 1 aliphatic heterocycles. The van der Waals surface area contributed by atoms with Crippen LogP contribution in [0.2, 0.25) is 0 Å². The third-order valence-electron chi connectivity index (χ3n) is 2.87. The van der Waals surface area contributed by atoms with Crippen LogP contribution in [0.15, 0.2) is 12.1 Å². The molecule has 1 aromatic rings. The van der Waals surface area contributed by atoms with E-state index in [0.29, 0.717) is 6.04 Å². The number of benzene rings is 1. The van der Waals surface area contributed by atoms with Crippen molar-refractivity contribution >= 4 is 0 Å². The second-order valence-corrected chi connectivity index (χ2v) is 3.97. The summed E-state index contributed by atoms with van der Waals surface area (Å²) >= 11 is 0. The molecule has 76 valence electrons. The number of fused-ring (bicyclic) bond motifs is 1. The van der Waals surface area contributed by atoms with Gasteiger partial charge in [-0.2, -0.15) is 0 Å². The number of methoxy groups -OCH3 is 1. The van der Waals surface area contributed by atoms with Crippen LogP contribution in [-0.2, 0) is 6.42 Å². The maximum atomic E-state index is 5.42. The fourth-order valence-corrected chi connectivity index (χ4v) is 2.23. The third-order valence-corrected chi connectivity index (χ3v) is 2.87. The molecule has 1 N–H and O–H groups in total. The molecule has 2 heteroatoms. The van der Waals surface area contributed by atoms with E-state index in [2.05, 4.69) is 31.3 Å². The van der Waals surface area contributed by atoms with Crippen molar-refractivity contribution in [2.45, 2.75) is 26.3 Å². The average molecular weight is 191 g/mol. The van der Waals surface area contributed by atoms with Crippen LogP contribution in [0.25, 0.3) is 0 Å². The number of nitrogens with one attached hydrogen (secondary N) is 1. The van der Waals surface area contributed by atoms with Crippen molar-refractivity contribution in [1.82, 2.24) is 5.32 Å². The quantitative estimate of drug-likeness (QED) is 0.735.